The van der Waals surface area contributed by atoms with Gasteiger partial charge in [0.15, 0.2) is 5.75 Å². The fourth-order valence-corrected chi connectivity index (χ4v) is 0.942. The van der Waals surface area contributed by atoms with E-state index in [1.54, 1.807) is 0 Å². The molecule has 0 aliphatic carbocycles. The minimum Gasteiger partial charge on any atom is -0.404 e. The van der Waals surface area contributed by atoms with Crippen molar-refractivity contribution in [1.82, 2.24) is 4.98 Å². The van der Waals surface area contributed by atoms with Gasteiger partial charge in [0.2, 0.25) is 0 Å². The second-order valence-electron chi connectivity index (χ2n) is 2.13. The highest BCUT2D eigenvalue weighted by Crippen LogP contribution is 2.25. The van der Waals surface area contributed by atoms with Crippen LogP contribution in [0.2, 0.25) is 0 Å². The number of hydrogen-bond donors (Lipinski definition) is 0. The summed E-state index contributed by atoms with van der Waals surface area (Å²) >= 11 is 5.35. The van der Waals surface area contributed by atoms with Crippen LogP contribution in [0.5, 0.6) is 5.75 Å². The zero-order valence-electron chi connectivity index (χ0n) is 6.71. The maximum absolute atomic E-state index is 11.8. The van der Waals surface area contributed by atoms with Gasteiger partial charge in [0.05, 0.1) is 11.6 Å². The molecule has 7 heteroatoms. The Morgan fingerprint density at radius 2 is 2.07 bits per heavy atom. The molecule has 0 saturated carbocycles. The van der Waals surface area contributed by atoms with Crippen molar-refractivity contribution in [2.24, 2.45) is 0 Å². The molecule has 14 heavy (non-hydrogen) atoms. The van der Waals surface area contributed by atoms with Crippen LogP contribution in [0, 0.1) is 0 Å². The van der Waals surface area contributed by atoms with Gasteiger partial charge in [-0.1, -0.05) is 0 Å². The van der Waals surface area contributed by atoms with Crippen molar-refractivity contribution in [2.75, 3.05) is 0 Å². The Morgan fingerprint density at radius 1 is 1.43 bits per heavy atom. The van der Waals surface area contributed by atoms with E-state index in [0.29, 0.717) is 0 Å². The molecule has 0 spiro atoms. The highest BCUT2D eigenvalue weighted by molar-refractivity contribution is 6.17. The molecule has 0 saturated heterocycles. The van der Waals surface area contributed by atoms with Crippen LogP contribution in [0.4, 0.5) is 13.2 Å². The molecule has 1 aromatic rings. The molecule has 0 radical (unpaired) electrons. The van der Waals surface area contributed by atoms with E-state index in [1.807, 2.05) is 0 Å². The largest absolute Gasteiger partial charge is 0.573 e. The number of aromatic nitrogens is 1. The molecular formula is C7H6Cl2F3NO. The number of pyridine rings is 1. The summed E-state index contributed by atoms with van der Waals surface area (Å²) in [7, 11) is 0. The van der Waals surface area contributed by atoms with Crippen LogP contribution in [0.1, 0.15) is 5.69 Å². The average Bonchev–Trinajstić information content (AvgIpc) is 2.02. The summed E-state index contributed by atoms with van der Waals surface area (Å²) in [5, 5.41) is 0. The fraction of sp³-hybridized carbons (Fsp3) is 0.286. The minimum atomic E-state index is -4.70. The molecule has 1 heterocycles. The topological polar surface area (TPSA) is 22.1 Å². The first-order valence-electron chi connectivity index (χ1n) is 3.28. The number of ether oxygens (including phenoxy) is 1. The van der Waals surface area contributed by atoms with Crippen molar-refractivity contribution in [2.45, 2.75) is 12.2 Å². The summed E-state index contributed by atoms with van der Waals surface area (Å²) in [6, 6.07) is 2.51. The number of nitrogens with zero attached hydrogens (tertiary/aromatic N) is 1. The van der Waals surface area contributed by atoms with E-state index in [2.05, 4.69) is 9.72 Å². The number of alkyl halides is 4. The molecule has 0 aliphatic heterocycles. The van der Waals surface area contributed by atoms with Gasteiger partial charge in [-0.3, -0.25) is 4.98 Å². The Hall–Kier alpha value is -0.680. The minimum absolute atomic E-state index is 0. The van der Waals surface area contributed by atoms with Crippen molar-refractivity contribution in [3.05, 3.63) is 24.0 Å². The monoisotopic (exact) mass is 247 g/mol. The zero-order valence-corrected chi connectivity index (χ0v) is 8.29. The van der Waals surface area contributed by atoms with Crippen LogP contribution >= 0.6 is 24.0 Å². The van der Waals surface area contributed by atoms with Crippen LogP contribution in [-0.2, 0) is 5.88 Å². The smallest absolute Gasteiger partial charge is 0.404 e. The molecule has 80 valence electrons. The van der Waals surface area contributed by atoms with Crippen LogP contribution in [0.15, 0.2) is 18.3 Å². The van der Waals surface area contributed by atoms with Gasteiger partial charge in [0.1, 0.15) is 0 Å². The Labute approximate surface area is 89.4 Å². The van der Waals surface area contributed by atoms with Crippen molar-refractivity contribution in [1.29, 1.82) is 0 Å². The summed E-state index contributed by atoms with van der Waals surface area (Å²) in [5.74, 6) is -0.475. The standard InChI is InChI=1S/C7H5ClF3NO.ClH/c8-4-5-6(2-1-3-12-5)13-7(9,10)11;/h1-3H,4H2;1H. The Kier molecular flexibility index (Phi) is 5.01. The van der Waals surface area contributed by atoms with Gasteiger partial charge in [-0.15, -0.1) is 37.2 Å². The van der Waals surface area contributed by atoms with Gasteiger partial charge in [-0.25, -0.2) is 0 Å². The van der Waals surface area contributed by atoms with Crippen molar-refractivity contribution in [3.8, 4) is 5.75 Å². The van der Waals surface area contributed by atoms with E-state index in [4.69, 9.17) is 11.6 Å². The van der Waals surface area contributed by atoms with Crippen LogP contribution in [0.3, 0.4) is 0 Å². The second-order valence-corrected chi connectivity index (χ2v) is 2.40. The molecule has 1 aromatic heterocycles. The summed E-state index contributed by atoms with van der Waals surface area (Å²) in [4.78, 5) is 3.62. The van der Waals surface area contributed by atoms with E-state index in [-0.39, 0.29) is 29.7 Å². The molecule has 1 rings (SSSR count). The summed E-state index contributed by atoms with van der Waals surface area (Å²) in [6.07, 6.45) is -3.36. The summed E-state index contributed by atoms with van der Waals surface area (Å²) < 4.78 is 39.0. The lowest BCUT2D eigenvalue weighted by atomic mass is 10.3. The van der Waals surface area contributed by atoms with Gasteiger partial charge in [-0.05, 0) is 12.1 Å². The Balaban J connectivity index is 0.00000169. The van der Waals surface area contributed by atoms with E-state index in [0.717, 1.165) is 6.07 Å². The highest BCUT2D eigenvalue weighted by atomic mass is 35.5. The third-order valence-corrected chi connectivity index (χ3v) is 1.45. The van der Waals surface area contributed by atoms with Crippen molar-refractivity contribution in [3.63, 3.8) is 0 Å². The van der Waals surface area contributed by atoms with E-state index in [1.165, 1.54) is 12.3 Å². The molecular weight excluding hydrogens is 242 g/mol. The predicted molar refractivity (Wildman–Crippen MR) is 47.7 cm³/mol. The van der Waals surface area contributed by atoms with E-state index < -0.39 is 6.36 Å². The number of hydrogen-bond acceptors (Lipinski definition) is 2. The van der Waals surface area contributed by atoms with Gasteiger partial charge >= 0.3 is 6.36 Å². The Morgan fingerprint density at radius 3 is 2.57 bits per heavy atom. The first-order valence-corrected chi connectivity index (χ1v) is 3.82. The lowest BCUT2D eigenvalue weighted by Crippen LogP contribution is -2.18. The van der Waals surface area contributed by atoms with Crippen LogP contribution in [0.25, 0.3) is 0 Å². The quantitative estimate of drug-likeness (QED) is 0.750. The highest BCUT2D eigenvalue weighted by Gasteiger charge is 2.32. The molecule has 0 N–H and O–H groups in total. The third-order valence-electron chi connectivity index (χ3n) is 1.20. The molecule has 0 amide bonds. The first kappa shape index (κ1) is 13.3. The van der Waals surface area contributed by atoms with E-state index >= 15 is 0 Å². The first-order chi connectivity index (χ1) is 6.03. The zero-order chi connectivity index (χ0) is 9.90. The van der Waals surface area contributed by atoms with Gasteiger partial charge in [-0.2, -0.15) is 0 Å². The lowest BCUT2D eigenvalue weighted by Gasteiger charge is -2.10. The molecule has 0 atom stereocenters. The van der Waals surface area contributed by atoms with Crippen LogP contribution in [-0.4, -0.2) is 11.3 Å². The molecule has 0 aromatic carbocycles. The number of halogens is 5. The maximum Gasteiger partial charge on any atom is 0.573 e. The summed E-state index contributed by atoms with van der Waals surface area (Å²) in [6.45, 7) is 0. The molecule has 0 aliphatic rings. The van der Waals surface area contributed by atoms with E-state index in [9.17, 15) is 13.2 Å². The predicted octanol–water partition coefficient (Wildman–Crippen LogP) is 3.14. The number of rotatable bonds is 2. The van der Waals surface area contributed by atoms with Gasteiger partial charge < -0.3 is 4.74 Å². The van der Waals surface area contributed by atoms with Crippen molar-refractivity contribution >= 4 is 24.0 Å². The lowest BCUT2D eigenvalue weighted by molar-refractivity contribution is -0.275. The molecule has 0 fully saturated rings. The average molecular weight is 248 g/mol. The second kappa shape index (κ2) is 5.26. The molecule has 2 nitrogen and oxygen atoms in total. The van der Waals surface area contributed by atoms with Gasteiger partial charge in [0, 0.05) is 6.20 Å². The van der Waals surface area contributed by atoms with Crippen LogP contribution < -0.4 is 4.74 Å². The Bertz CT molecular complexity index is 293. The van der Waals surface area contributed by atoms with Crippen molar-refractivity contribution < 1.29 is 17.9 Å². The third kappa shape index (κ3) is 4.02. The molecule has 0 unspecified atom stereocenters. The SMILES string of the molecule is Cl.FC(F)(F)Oc1cccnc1CCl. The summed E-state index contributed by atoms with van der Waals surface area (Å²) in [5.41, 5.74) is 0.0708. The maximum atomic E-state index is 11.8. The fourth-order valence-electron chi connectivity index (χ4n) is 0.741. The normalized spacial score (nSPS) is 10.6. The molecule has 0 bridgehead atoms. The van der Waals surface area contributed by atoms with Gasteiger partial charge in [0.25, 0.3) is 0 Å².